The Morgan fingerprint density at radius 2 is 0.927 bits per heavy atom. The van der Waals surface area contributed by atoms with Crippen LogP contribution in [0.25, 0.3) is 5.57 Å². The van der Waals surface area contributed by atoms with Gasteiger partial charge in [-0.15, -0.1) is 0 Å². The Kier molecular flexibility index (Phi) is 11.0. The zero-order valence-electron chi connectivity index (χ0n) is 24.8. The molecule has 0 radical (unpaired) electrons. The summed E-state index contributed by atoms with van der Waals surface area (Å²) in [6.07, 6.45) is 8.10. The monoisotopic (exact) mass is 542 g/mol. The summed E-state index contributed by atoms with van der Waals surface area (Å²) < 4.78 is 0. The number of benzene rings is 4. The standard InChI is InChI=1S/C37H42N4/c1-5-39(6-2)33-26-22-31(23-27-33)37(32-24-28-34(29-25-32)40(7-3)8-4)21-15-16-30-38-41(35-17-11-9-12-18-35)36-19-13-10-14-20-36/h9-30H,5-8H2,1-4H3. The van der Waals surface area contributed by atoms with Crippen LogP contribution in [-0.4, -0.2) is 32.4 Å². The smallest absolute Gasteiger partial charge is 0.0652 e. The summed E-state index contributed by atoms with van der Waals surface area (Å²) in [6, 6.07) is 38.2. The van der Waals surface area contributed by atoms with Gasteiger partial charge in [0.25, 0.3) is 0 Å². The molecule has 4 heteroatoms. The molecule has 4 aromatic rings. The zero-order valence-corrected chi connectivity index (χ0v) is 24.8. The summed E-state index contributed by atoms with van der Waals surface area (Å²) in [5.41, 5.74) is 8.08. The Balaban J connectivity index is 1.64. The molecule has 4 rings (SSSR count). The van der Waals surface area contributed by atoms with Crippen LogP contribution >= 0.6 is 0 Å². The van der Waals surface area contributed by atoms with E-state index in [0.29, 0.717) is 0 Å². The first-order valence-electron chi connectivity index (χ1n) is 14.7. The third-order valence-electron chi connectivity index (χ3n) is 7.26. The van der Waals surface area contributed by atoms with Gasteiger partial charge in [0.2, 0.25) is 0 Å². The molecule has 41 heavy (non-hydrogen) atoms. The number of hydrogen-bond donors (Lipinski definition) is 0. The largest absolute Gasteiger partial charge is 0.372 e. The molecular weight excluding hydrogens is 500 g/mol. The lowest BCUT2D eigenvalue weighted by Gasteiger charge is -2.22. The molecular formula is C37H42N4. The lowest BCUT2D eigenvalue weighted by atomic mass is 9.96. The van der Waals surface area contributed by atoms with Crippen LogP contribution in [0.2, 0.25) is 0 Å². The molecule has 0 unspecified atom stereocenters. The van der Waals surface area contributed by atoms with Crippen molar-refractivity contribution >= 4 is 34.5 Å². The van der Waals surface area contributed by atoms with Gasteiger partial charge in [0, 0.05) is 43.8 Å². The van der Waals surface area contributed by atoms with Crippen molar-refractivity contribution in [2.75, 3.05) is 41.0 Å². The summed E-state index contributed by atoms with van der Waals surface area (Å²) in [5, 5.41) is 6.74. The van der Waals surface area contributed by atoms with Gasteiger partial charge in [0.05, 0.1) is 11.4 Å². The van der Waals surface area contributed by atoms with E-state index >= 15 is 0 Å². The fourth-order valence-corrected chi connectivity index (χ4v) is 4.97. The summed E-state index contributed by atoms with van der Waals surface area (Å²) in [7, 11) is 0. The predicted molar refractivity (Wildman–Crippen MR) is 180 cm³/mol. The van der Waals surface area contributed by atoms with Crippen LogP contribution in [0.4, 0.5) is 22.7 Å². The first kappa shape index (κ1) is 29.4. The Morgan fingerprint density at radius 1 is 0.512 bits per heavy atom. The molecule has 0 spiro atoms. The maximum atomic E-state index is 4.79. The van der Waals surface area contributed by atoms with E-state index in [1.807, 2.05) is 53.7 Å². The molecule has 0 aliphatic carbocycles. The molecule has 4 nitrogen and oxygen atoms in total. The highest BCUT2D eigenvalue weighted by Crippen LogP contribution is 2.28. The van der Waals surface area contributed by atoms with Crippen LogP contribution in [0, 0.1) is 0 Å². The highest BCUT2D eigenvalue weighted by atomic mass is 15.5. The van der Waals surface area contributed by atoms with Crippen molar-refractivity contribution in [3.8, 4) is 0 Å². The van der Waals surface area contributed by atoms with Crippen molar-refractivity contribution in [2.45, 2.75) is 27.7 Å². The van der Waals surface area contributed by atoms with Crippen molar-refractivity contribution in [3.63, 3.8) is 0 Å². The number of para-hydroxylation sites is 2. The van der Waals surface area contributed by atoms with Crippen molar-refractivity contribution in [1.82, 2.24) is 0 Å². The van der Waals surface area contributed by atoms with E-state index in [0.717, 1.165) is 37.6 Å². The van der Waals surface area contributed by atoms with E-state index in [4.69, 9.17) is 5.10 Å². The molecule has 0 aromatic heterocycles. The minimum atomic E-state index is 0.996. The third kappa shape index (κ3) is 7.76. The highest BCUT2D eigenvalue weighted by molar-refractivity contribution is 5.83. The Bertz CT molecular complexity index is 1300. The van der Waals surface area contributed by atoms with Crippen LogP contribution < -0.4 is 14.8 Å². The minimum Gasteiger partial charge on any atom is -0.372 e. The van der Waals surface area contributed by atoms with E-state index < -0.39 is 0 Å². The number of nitrogens with zero attached hydrogens (tertiary/aromatic N) is 4. The van der Waals surface area contributed by atoms with E-state index in [9.17, 15) is 0 Å². The van der Waals surface area contributed by atoms with Crippen molar-refractivity contribution in [1.29, 1.82) is 0 Å². The molecule has 0 bridgehead atoms. The minimum absolute atomic E-state index is 0.996. The molecule has 0 fully saturated rings. The predicted octanol–water partition coefficient (Wildman–Crippen LogP) is 9.19. The molecule has 4 aromatic carbocycles. The first-order chi connectivity index (χ1) is 20.2. The summed E-state index contributed by atoms with van der Waals surface area (Å²) in [4.78, 5) is 4.74. The normalized spacial score (nSPS) is 11.1. The molecule has 0 heterocycles. The van der Waals surface area contributed by atoms with Gasteiger partial charge >= 0.3 is 0 Å². The maximum Gasteiger partial charge on any atom is 0.0652 e. The Hall–Kier alpha value is -4.57. The van der Waals surface area contributed by atoms with E-state index in [1.165, 1.54) is 28.1 Å². The van der Waals surface area contributed by atoms with Gasteiger partial charge in [-0.1, -0.05) is 72.8 Å². The maximum absolute atomic E-state index is 4.79. The van der Waals surface area contributed by atoms with Gasteiger partial charge in [-0.3, -0.25) is 0 Å². The van der Waals surface area contributed by atoms with Crippen LogP contribution in [0.3, 0.4) is 0 Å². The fraction of sp³-hybridized carbons (Fsp3) is 0.216. The second-order valence-electron chi connectivity index (χ2n) is 9.65. The van der Waals surface area contributed by atoms with E-state index in [-0.39, 0.29) is 0 Å². The van der Waals surface area contributed by atoms with Gasteiger partial charge in [-0.05, 0) is 99.0 Å². The van der Waals surface area contributed by atoms with Gasteiger partial charge in [-0.25, -0.2) is 5.01 Å². The van der Waals surface area contributed by atoms with E-state index in [2.05, 4.69) is 122 Å². The first-order valence-corrected chi connectivity index (χ1v) is 14.7. The lowest BCUT2D eigenvalue weighted by molar-refractivity contribution is 0.866. The van der Waals surface area contributed by atoms with Crippen LogP contribution in [0.1, 0.15) is 38.8 Å². The molecule has 0 N–H and O–H groups in total. The van der Waals surface area contributed by atoms with Gasteiger partial charge < -0.3 is 9.80 Å². The summed E-state index contributed by atoms with van der Waals surface area (Å²) in [5.74, 6) is 0. The summed E-state index contributed by atoms with van der Waals surface area (Å²) in [6.45, 7) is 12.8. The van der Waals surface area contributed by atoms with Gasteiger partial charge in [0.1, 0.15) is 0 Å². The number of anilines is 4. The second-order valence-corrected chi connectivity index (χ2v) is 9.65. The third-order valence-corrected chi connectivity index (χ3v) is 7.26. The highest BCUT2D eigenvalue weighted by Gasteiger charge is 2.09. The van der Waals surface area contributed by atoms with Crippen LogP contribution in [0.15, 0.2) is 133 Å². The fourth-order valence-electron chi connectivity index (χ4n) is 4.97. The molecule has 210 valence electrons. The average Bonchev–Trinajstić information content (AvgIpc) is 3.04. The van der Waals surface area contributed by atoms with Crippen molar-refractivity contribution < 1.29 is 0 Å². The van der Waals surface area contributed by atoms with Gasteiger partial charge in [-0.2, -0.15) is 5.10 Å². The SMILES string of the molecule is CCN(CC)c1ccc(C(=CC=CC=NN(c2ccccc2)c2ccccc2)c2ccc(N(CC)CC)cc2)cc1. The number of hydrazone groups is 1. The molecule has 0 atom stereocenters. The quantitative estimate of drug-likeness (QED) is 0.0955. The molecule has 0 saturated carbocycles. The molecule has 0 aliphatic rings. The topological polar surface area (TPSA) is 22.1 Å². The Morgan fingerprint density at radius 3 is 1.32 bits per heavy atom. The zero-order chi connectivity index (χ0) is 28.9. The van der Waals surface area contributed by atoms with Crippen molar-refractivity contribution in [3.05, 3.63) is 139 Å². The van der Waals surface area contributed by atoms with Crippen molar-refractivity contribution in [2.24, 2.45) is 5.10 Å². The van der Waals surface area contributed by atoms with Crippen LogP contribution in [-0.2, 0) is 0 Å². The van der Waals surface area contributed by atoms with Crippen LogP contribution in [0.5, 0.6) is 0 Å². The molecule has 0 amide bonds. The number of rotatable bonds is 13. The summed E-state index contributed by atoms with van der Waals surface area (Å²) >= 11 is 0. The number of allylic oxidation sites excluding steroid dienone is 3. The van der Waals surface area contributed by atoms with E-state index in [1.54, 1.807) is 0 Å². The Labute approximate surface area is 246 Å². The second kappa shape index (κ2) is 15.3. The molecule has 0 saturated heterocycles. The van der Waals surface area contributed by atoms with Gasteiger partial charge in [0.15, 0.2) is 0 Å². The molecule has 0 aliphatic heterocycles. The average molecular weight is 543 g/mol. The number of hydrogen-bond acceptors (Lipinski definition) is 4. The lowest BCUT2D eigenvalue weighted by Crippen LogP contribution is -2.21.